The van der Waals surface area contributed by atoms with Crippen molar-refractivity contribution in [3.05, 3.63) is 87.1 Å². The number of carbonyl (C=O) groups excluding carboxylic acids is 1. The number of rotatable bonds is 10. The van der Waals surface area contributed by atoms with E-state index in [1.54, 1.807) is 13.0 Å². The minimum atomic E-state index is -4.99. The average molecular weight is 568 g/mol. The Morgan fingerprint density at radius 2 is 1.85 bits per heavy atom. The molecule has 0 radical (unpaired) electrons. The van der Waals surface area contributed by atoms with Crippen LogP contribution in [0.1, 0.15) is 29.6 Å². The maximum atomic E-state index is 14.6. The lowest BCUT2D eigenvalue weighted by atomic mass is 9.90. The van der Waals surface area contributed by atoms with Crippen LogP contribution in [0.3, 0.4) is 0 Å². The zero-order valence-corrected chi connectivity index (χ0v) is 21.2. The van der Waals surface area contributed by atoms with Gasteiger partial charge in [-0.1, -0.05) is 35.0 Å². The van der Waals surface area contributed by atoms with E-state index in [0.29, 0.717) is 20.1 Å². The highest BCUT2D eigenvalue weighted by molar-refractivity contribution is 6.30. The third-order valence-corrected chi connectivity index (χ3v) is 6.15. The Labute approximate surface area is 223 Å². The Kier molecular flexibility index (Phi) is 8.31. The second-order valence-electron chi connectivity index (χ2n) is 8.84. The molecule has 0 aliphatic heterocycles. The number of aliphatic hydroxyl groups excluding tert-OH is 1. The number of hydrogen-bond donors (Lipinski definition) is 1. The van der Waals surface area contributed by atoms with Crippen LogP contribution in [0.2, 0.25) is 5.02 Å². The van der Waals surface area contributed by atoms with Gasteiger partial charge < -0.3 is 9.63 Å². The summed E-state index contributed by atoms with van der Waals surface area (Å²) in [6.45, 7) is -0.141. The first-order valence-electron chi connectivity index (χ1n) is 11.7. The van der Waals surface area contributed by atoms with E-state index in [2.05, 4.69) is 15.2 Å². The largest absolute Gasteiger partial charge is 0.416 e. The van der Waals surface area contributed by atoms with E-state index < -0.39 is 48.6 Å². The lowest BCUT2D eigenvalue weighted by Gasteiger charge is -2.16. The minimum absolute atomic E-state index is 0.0324. The van der Waals surface area contributed by atoms with Gasteiger partial charge in [0.25, 0.3) is 0 Å². The van der Waals surface area contributed by atoms with Crippen molar-refractivity contribution in [3.8, 4) is 11.4 Å². The summed E-state index contributed by atoms with van der Waals surface area (Å²) in [5.41, 5.74) is -0.575. The number of ketones is 1. The summed E-state index contributed by atoms with van der Waals surface area (Å²) in [5, 5.41) is 17.7. The summed E-state index contributed by atoms with van der Waals surface area (Å²) in [7, 11) is 0. The van der Waals surface area contributed by atoms with Gasteiger partial charge in [-0.3, -0.25) is 9.36 Å². The topological polar surface area (TPSA) is 116 Å². The van der Waals surface area contributed by atoms with E-state index in [0.717, 1.165) is 0 Å². The van der Waals surface area contributed by atoms with Gasteiger partial charge in [0.05, 0.1) is 6.54 Å². The molecule has 2 aromatic carbocycles. The number of halogens is 5. The maximum absolute atomic E-state index is 14.6. The van der Waals surface area contributed by atoms with Gasteiger partial charge in [0.15, 0.2) is 23.5 Å². The van der Waals surface area contributed by atoms with Crippen LogP contribution in [-0.4, -0.2) is 47.7 Å². The van der Waals surface area contributed by atoms with Gasteiger partial charge in [-0.15, -0.1) is 5.10 Å². The van der Waals surface area contributed by atoms with Crippen molar-refractivity contribution in [2.45, 2.75) is 51.1 Å². The van der Waals surface area contributed by atoms with Crippen LogP contribution in [0.4, 0.5) is 17.6 Å². The monoisotopic (exact) mass is 567 g/mol. The van der Waals surface area contributed by atoms with Gasteiger partial charge >= 0.3 is 11.9 Å². The van der Waals surface area contributed by atoms with Gasteiger partial charge in [0.1, 0.15) is 12.4 Å². The minimum Gasteiger partial charge on any atom is -0.382 e. The fraction of sp³-hybridized carbons (Fsp3) is 0.320. The molecule has 0 saturated carbocycles. The molecule has 39 heavy (non-hydrogen) atoms. The average Bonchev–Trinajstić information content (AvgIpc) is 3.41. The number of alkyl halides is 3. The highest BCUT2D eigenvalue weighted by Crippen LogP contribution is 2.27. The van der Waals surface area contributed by atoms with Crippen molar-refractivity contribution in [3.63, 3.8) is 0 Å². The Morgan fingerprint density at radius 1 is 1.15 bits per heavy atom. The second kappa shape index (κ2) is 11.5. The number of aromatic nitrogens is 5. The van der Waals surface area contributed by atoms with Gasteiger partial charge in [-0.25, -0.2) is 13.9 Å². The molecular formula is C25H22ClF4N5O4. The Morgan fingerprint density at radius 3 is 2.46 bits per heavy atom. The first kappa shape index (κ1) is 28.2. The lowest BCUT2D eigenvalue weighted by Crippen LogP contribution is -2.37. The summed E-state index contributed by atoms with van der Waals surface area (Å²) in [6, 6.07) is 11.6. The van der Waals surface area contributed by atoms with Crippen LogP contribution >= 0.6 is 11.6 Å². The van der Waals surface area contributed by atoms with E-state index >= 15 is 0 Å². The number of nitrogens with zero attached hydrogens (tertiary/aromatic N) is 5. The summed E-state index contributed by atoms with van der Waals surface area (Å²) in [5.74, 6) is -1.50. The Balaban J connectivity index is 1.64. The van der Waals surface area contributed by atoms with Crippen LogP contribution in [0.5, 0.6) is 0 Å². The zero-order chi connectivity index (χ0) is 28.3. The molecule has 0 bridgehead atoms. The van der Waals surface area contributed by atoms with Gasteiger partial charge in [-0.05, 0) is 42.8 Å². The van der Waals surface area contributed by atoms with Crippen molar-refractivity contribution in [2.75, 3.05) is 0 Å². The van der Waals surface area contributed by atoms with E-state index in [1.807, 2.05) is 0 Å². The second-order valence-corrected chi connectivity index (χ2v) is 9.28. The highest BCUT2D eigenvalue weighted by Gasteiger charge is 2.39. The predicted molar refractivity (Wildman–Crippen MR) is 130 cm³/mol. The van der Waals surface area contributed by atoms with E-state index in [4.69, 9.17) is 16.1 Å². The fourth-order valence-corrected chi connectivity index (χ4v) is 4.16. The third-order valence-electron chi connectivity index (χ3n) is 5.89. The lowest BCUT2D eigenvalue weighted by molar-refractivity contribution is -0.207. The number of Topliss-reactive ketones (excluding diaryl/α,β-unsaturated/α-hetero) is 1. The molecule has 2 atom stereocenters. The van der Waals surface area contributed by atoms with Crippen LogP contribution in [0, 0.1) is 12.7 Å². The quantitative estimate of drug-likeness (QED) is 0.287. The van der Waals surface area contributed by atoms with Gasteiger partial charge in [0, 0.05) is 29.3 Å². The molecule has 1 N–H and O–H groups in total. The zero-order valence-electron chi connectivity index (χ0n) is 20.4. The van der Waals surface area contributed by atoms with Crippen LogP contribution in [-0.2, 0) is 24.3 Å². The standard InChI is InChI=1S/C25H22ClF4N5O4/c1-14-31-22(39-33-14)11-16(19-4-2-3-5-20(19)27)10-18(36)12-35-24(38)34(13-21(37)25(28,29)30)23(32-35)15-6-8-17(26)9-7-15/h2-9,16,21,37H,10-13H2,1H3/t16?,21-/m0/s1. The molecule has 14 heteroatoms. The number of benzene rings is 2. The van der Waals surface area contributed by atoms with Crippen LogP contribution in [0.25, 0.3) is 11.4 Å². The molecule has 2 heterocycles. The molecule has 0 saturated heterocycles. The van der Waals surface area contributed by atoms with Crippen molar-refractivity contribution in [1.82, 2.24) is 24.5 Å². The van der Waals surface area contributed by atoms with Crippen LogP contribution < -0.4 is 5.69 Å². The number of carbonyl (C=O) groups is 1. The molecule has 0 aliphatic rings. The molecule has 206 valence electrons. The third kappa shape index (κ3) is 6.79. The first-order valence-corrected chi connectivity index (χ1v) is 12.0. The SMILES string of the molecule is Cc1noc(CC(CC(=O)Cn2nc(-c3ccc(Cl)cc3)n(C[C@H](O)C(F)(F)F)c2=O)c2ccccc2F)n1. The summed E-state index contributed by atoms with van der Waals surface area (Å²) in [4.78, 5) is 30.2. The molecule has 2 aromatic heterocycles. The van der Waals surface area contributed by atoms with E-state index in [1.165, 1.54) is 42.5 Å². The van der Waals surface area contributed by atoms with Crippen molar-refractivity contribution >= 4 is 17.4 Å². The van der Waals surface area contributed by atoms with Crippen LogP contribution in [0.15, 0.2) is 57.8 Å². The van der Waals surface area contributed by atoms with Gasteiger partial charge in [-0.2, -0.15) is 18.2 Å². The summed E-state index contributed by atoms with van der Waals surface area (Å²) < 4.78 is 60.3. The molecule has 4 aromatic rings. The molecular weight excluding hydrogens is 546 g/mol. The maximum Gasteiger partial charge on any atom is 0.416 e. The predicted octanol–water partition coefficient (Wildman–Crippen LogP) is 4.10. The normalized spacial score (nSPS) is 13.4. The Hall–Kier alpha value is -3.84. The van der Waals surface area contributed by atoms with Crippen molar-refractivity contribution < 1.29 is 32.0 Å². The van der Waals surface area contributed by atoms with Gasteiger partial charge in [0.2, 0.25) is 5.89 Å². The molecule has 0 aliphatic carbocycles. The molecule has 0 fully saturated rings. The molecule has 9 nitrogen and oxygen atoms in total. The first-order chi connectivity index (χ1) is 18.4. The summed E-state index contributed by atoms with van der Waals surface area (Å²) in [6.07, 6.45) is -8.07. The highest BCUT2D eigenvalue weighted by atomic mass is 35.5. The number of aryl methyl sites for hydroxylation is 1. The van der Waals surface area contributed by atoms with Crippen molar-refractivity contribution in [2.24, 2.45) is 0 Å². The van der Waals surface area contributed by atoms with E-state index in [-0.39, 0.29) is 35.7 Å². The summed E-state index contributed by atoms with van der Waals surface area (Å²) >= 11 is 5.89. The molecule has 4 rings (SSSR count). The smallest absolute Gasteiger partial charge is 0.382 e. The molecule has 1 unspecified atom stereocenters. The van der Waals surface area contributed by atoms with Crippen molar-refractivity contribution in [1.29, 1.82) is 0 Å². The Bertz CT molecular complexity index is 1510. The molecule has 0 amide bonds. The molecule has 0 spiro atoms. The number of hydrogen-bond acceptors (Lipinski definition) is 7. The van der Waals surface area contributed by atoms with E-state index in [9.17, 15) is 32.3 Å². The fourth-order valence-electron chi connectivity index (χ4n) is 4.04. The number of aliphatic hydroxyl groups is 1.